The molecule has 2 N–H and O–H groups in total. The van der Waals surface area contributed by atoms with Crippen molar-refractivity contribution in [1.29, 1.82) is 0 Å². The molecule has 2 fully saturated rings. The van der Waals surface area contributed by atoms with Crippen LogP contribution in [0.3, 0.4) is 0 Å². The van der Waals surface area contributed by atoms with Gasteiger partial charge in [0, 0.05) is 44.2 Å². The number of aliphatic hydroxyl groups excluding tert-OH is 1. The van der Waals surface area contributed by atoms with Gasteiger partial charge < -0.3 is 24.8 Å². The van der Waals surface area contributed by atoms with Gasteiger partial charge in [0.1, 0.15) is 18.5 Å². The molecule has 0 aliphatic carbocycles. The molecule has 3 aliphatic heterocycles. The molecule has 2 atom stereocenters. The summed E-state index contributed by atoms with van der Waals surface area (Å²) in [6.45, 7) is 4.74. The van der Waals surface area contributed by atoms with Crippen LogP contribution in [0.25, 0.3) is 6.08 Å². The second-order valence-corrected chi connectivity index (χ2v) is 15.1. The van der Waals surface area contributed by atoms with Gasteiger partial charge in [-0.2, -0.15) is 4.31 Å². The van der Waals surface area contributed by atoms with E-state index in [1.54, 1.807) is 16.4 Å². The number of benzene rings is 2. The Kier molecular flexibility index (Phi) is 8.79. The summed E-state index contributed by atoms with van der Waals surface area (Å²) in [5, 5.41) is 13.8. The number of nitrogens with one attached hydrogen (secondary N) is 1. The highest BCUT2D eigenvalue weighted by molar-refractivity contribution is 7.93. The summed E-state index contributed by atoms with van der Waals surface area (Å²) in [4.78, 5) is 2.69. The zero-order valence-electron chi connectivity index (χ0n) is 23.5. The lowest BCUT2D eigenvalue weighted by Crippen LogP contribution is -2.48. The zero-order chi connectivity index (χ0) is 29.3. The maximum atomic E-state index is 13.6. The largest absolute Gasteiger partial charge is 0.491 e. The zero-order valence-corrected chi connectivity index (χ0v) is 25.2. The number of sulfonamides is 1. The van der Waals surface area contributed by atoms with Crippen LogP contribution < -0.4 is 15.0 Å². The number of rotatable bonds is 10. The highest BCUT2D eigenvalue weighted by atomic mass is 32.2. The third-order valence-electron chi connectivity index (χ3n) is 8.15. The lowest BCUT2D eigenvalue weighted by molar-refractivity contribution is -0.0311. The summed E-state index contributed by atoms with van der Waals surface area (Å²) in [6.07, 6.45) is 4.13. The average molecular weight is 606 g/mol. The van der Waals surface area contributed by atoms with Gasteiger partial charge in [-0.3, -0.25) is 0 Å². The first kappa shape index (κ1) is 30.0. The molecule has 0 saturated carbocycles. The highest BCUT2D eigenvalue weighted by Gasteiger charge is 2.45. The molecule has 0 aromatic heterocycles. The van der Waals surface area contributed by atoms with E-state index >= 15 is 0 Å². The molecule has 3 heterocycles. The second-order valence-electron chi connectivity index (χ2n) is 11.1. The number of nitrogens with zero attached hydrogens (tertiary/aromatic N) is 2. The van der Waals surface area contributed by atoms with Crippen LogP contribution in [0, 0.1) is 0 Å². The minimum Gasteiger partial charge on any atom is -0.491 e. The molecular weight excluding hydrogens is 566 g/mol. The van der Waals surface area contributed by atoms with Crippen LogP contribution in [-0.4, -0.2) is 96.2 Å². The monoisotopic (exact) mass is 605 g/mol. The smallest absolute Gasteiger partial charge is 0.241 e. The summed E-state index contributed by atoms with van der Waals surface area (Å²) in [5.74, 6) is 0.382. The van der Waals surface area contributed by atoms with E-state index in [4.69, 9.17) is 9.47 Å². The van der Waals surface area contributed by atoms with Crippen LogP contribution in [0.5, 0.6) is 5.75 Å². The van der Waals surface area contributed by atoms with Crippen LogP contribution >= 0.6 is 0 Å². The van der Waals surface area contributed by atoms with Gasteiger partial charge in [-0.05, 0) is 62.1 Å². The van der Waals surface area contributed by atoms with E-state index in [0.717, 1.165) is 30.5 Å². The van der Waals surface area contributed by atoms with Gasteiger partial charge in [0.2, 0.25) is 10.0 Å². The molecule has 5 rings (SSSR count). The van der Waals surface area contributed by atoms with Gasteiger partial charge in [0.25, 0.3) is 0 Å². The quantitative estimate of drug-likeness (QED) is 0.420. The van der Waals surface area contributed by atoms with Crippen molar-refractivity contribution in [3.05, 3.63) is 59.0 Å². The van der Waals surface area contributed by atoms with Crippen molar-refractivity contribution in [2.24, 2.45) is 0 Å². The fraction of sp³-hybridized carbons (Fsp3) is 0.517. The van der Waals surface area contributed by atoms with Gasteiger partial charge >= 0.3 is 0 Å². The Balaban J connectivity index is 1.10. The fourth-order valence-corrected chi connectivity index (χ4v) is 8.05. The highest BCUT2D eigenvalue weighted by Crippen LogP contribution is 2.38. The molecule has 10 nitrogen and oxygen atoms in total. The lowest BCUT2D eigenvalue weighted by Gasteiger charge is -2.39. The molecule has 41 heavy (non-hydrogen) atoms. The van der Waals surface area contributed by atoms with Crippen LogP contribution in [0.2, 0.25) is 0 Å². The van der Waals surface area contributed by atoms with E-state index in [2.05, 4.69) is 10.2 Å². The summed E-state index contributed by atoms with van der Waals surface area (Å²) >= 11 is 0. The predicted molar refractivity (Wildman–Crippen MR) is 158 cm³/mol. The molecular formula is C29H39N3O7S2. The van der Waals surface area contributed by atoms with Gasteiger partial charge in [-0.15, -0.1) is 0 Å². The summed E-state index contributed by atoms with van der Waals surface area (Å²) in [5.41, 5.74) is 1.61. The Morgan fingerprint density at radius 2 is 1.88 bits per heavy atom. The summed E-state index contributed by atoms with van der Waals surface area (Å²) in [6, 6.07) is 14.1. The predicted octanol–water partition coefficient (Wildman–Crippen LogP) is 2.25. The number of likely N-dealkylation sites (N-methyl/N-ethyl adjacent to an activating group) is 1. The lowest BCUT2D eigenvalue weighted by atomic mass is 9.88. The number of aliphatic hydroxyl groups is 1. The number of fused-ring (bicyclic) bond motifs is 1. The van der Waals surface area contributed by atoms with E-state index < -0.39 is 26.0 Å². The third kappa shape index (κ3) is 6.79. The van der Waals surface area contributed by atoms with Crippen molar-refractivity contribution in [1.82, 2.24) is 9.62 Å². The molecule has 0 amide bonds. The maximum Gasteiger partial charge on any atom is 0.241 e. The van der Waals surface area contributed by atoms with E-state index in [9.17, 15) is 21.9 Å². The van der Waals surface area contributed by atoms with Crippen molar-refractivity contribution >= 4 is 31.6 Å². The summed E-state index contributed by atoms with van der Waals surface area (Å²) < 4.78 is 64.1. The molecule has 224 valence electrons. The van der Waals surface area contributed by atoms with Gasteiger partial charge in [-0.25, -0.2) is 16.8 Å². The number of sulfone groups is 1. The molecule has 1 spiro atoms. The van der Waals surface area contributed by atoms with Crippen LogP contribution in [0.15, 0.2) is 58.3 Å². The Morgan fingerprint density at radius 3 is 2.61 bits per heavy atom. The van der Waals surface area contributed by atoms with Crippen molar-refractivity contribution < 1.29 is 31.4 Å². The molecule has 2 saturated heterocycles. The normalized spacial score (nSPS) is 21.9. The van der Waals surface area contributed by atoms with Gasteiger partial charge in [0.05, 0.1) is 28.6 Å². The van der Waals surface area contributed by atoms with Crippen molar-refractivity contribution in [2.45, 2.75) is 48.8 Å². The first-order valence-electron chi connectivity index (χ1n) is 14.0. The first-order chi connectivity index (χ1) is 19.5. The number of piperidine rings is 1. The van der Waals surface area contributed by atoms with E-state index in [1.807, 2.05) is 37.3 Å². The van der Waals surface area contributed by atoms with Crippen molar-refractivity contribution in [3.8, 4) is 5.75 Å². The van der Waals surface area contributed by atoms with Crippen molar-refractivity contribution in [3.63, 3.8) is 0 Å². The maximum absolute atomic E-state index is 13.6. The van der Waals surface area contributed by atoms with E-state index in [-0.39, 0.29) is 23.1 Å². The topological polar surface area (TPSA) is 125 Å². The Morgan fingerprint density at radius 1 is 1.12 bits per heavy atom. The number of hydrogen-bond donors (Lipinski definition) is 2. The van der Waals surface area contributed by atoms with Gasteiger partial charge in [0.15, 0.2) is 9.84 Å². The third-order valence-corrected chi connectivity index (χ3v) is 11.2. The Hall–Kier alpha value is -2.48. The molecule has 12 heteroatoms. The Labute approximate surface area is 242 Å². The van der Waals surface area contributed by atoms with E-state index in [1.165, 1.54) is 12.1 Å². The van der Waals surface area contributed by atoms with Crippen LogP contribution in [-0.2, 0) is 24.6 Å². The number of anilines is 1. The van der Waals surface area contributed by atoms with Gasteiger partial charge in [-0.1, -0.05) is 24.3 Å². The molecule has 2 aromatic rings. The van der Waals surface area contributed by atoms with E-state index in [0.29, 0.717) is 56.3 Å². The first-order valence-corrected chi connectivity index (χ1v) is 17.4. The molecule has 0 unspecified atom stereocenters. The fourth-order valence-electron chi connectivity index (χ4n) is 5.80. The summed E-state index contributed by atoms with van der Waals surface area (Å²) in [7, 11) is -6.93. The standard InChI is InChI=1S/C29H39N3O7S2/c1-3-31-19-27(15-22-7-4-5-10-28(22)31)41(36,37)32-13-11-29(12-14-32)17-23(20-39-29)30-18-24(33)21-38-25-8-6-9-26(16-25)40(2,34)35/h4-10,15-16,23-24,30,33H,3,11-14,17-21H2,1-2H3/t23-,24+/m1/s1. The molecule has 0 radical (unpaired) electrons. The minimum absolute atomic E-state index is 0.0154. The molecule has 3 aliphatic rings. The molecule has 2 aromatic carbocycles. The number of ether oxygens (including phenoxy) is 2. The average Bonchev–Trinajstić information content (AvgIpc) is 3.36. The minimum atomic E-state index is -3.59. The number of hydrogen-bond acceptors (Lipinski definition) is 9. The molecule has 0 bridgehead atoms. The number of para-hydroxylation sites is 1. The Bertz CT molecular complexity index is 1490. The van der Waals surface area contributed by atoms with Crippen LogP contribution in [0.1, 0.15) is 31.7 Å². The SMILES string of the molecule is CCN1CC(S(=O)(=O)N2CCC3(CC2)C[C@@H](NC[C@H](O)COc2cccc(S(C)(=O)=O)c2)CO3)=Cc2ccccc21. The second kappa shape index (κ2) is 12.0. The van der Waals surface area contributed by atoms with Crippen molar-refractivity contribution in [2.75, 3.05) is 57.1 Å². The van der Waals surface area contributed by atoms with Crippen LogP contribution in [0.4, 0.5) is 5.69 Å².